The van der Waals surface area contributed by atoms with Gasteiger partial charge in [0.2, 0.25) is 0 Å². The van der Waals surface area contributed by atoms with Gasteiger partial charge in [0.1, 0.15) is 0 Å². The Kier molecular flexibility index (Phi) is 5.75. The molecule has 0 saturated heterocycles. The SMILES string of the molecule is O=C(Nc1ccc(Br)c(C(F)(F)F)c1)c1cc(C(F)(F)F)cc(C(F)(F)F)c1. The quantitative estimate of drug-likeness (QED) is 0.474. The maximum absolute atomic E-state index is 12.9. The van der Waals surface area contributed by atoms with Crippen LogP contribution in [-0.2, 0) is 18.5 Å². The van der Waals surface area contributed by atoms with E-state index in [1.165, 1.54) is 0 Å². The van der Waals surface area contributed by atoms with E-state index in [1.807, 2.05) is 5.32 Å². The van der Waals surface area contributed by atoms with Crippen LogP contribution < -0.4 is 5.32 Å². The molecule has 0 aliphatic rings. The Morgan fingerprint density at radius 3 is 1.68 bits per heavy atom. The normalized spacial score (nSPS) is 12.8. The van der Waals surface area contributed by atoms with E-state index in [-0.39, 0.29) is 22.7 Å². The highest BCUT2D eigenvalue weighted by molar-refractivity contribution is 9.10. The molecule has 152 valence electrons. The van der Waals surface area contributed by atoms with E-state index in [1.54, 1.807) is 0 Å². The van der Waals surface area contributed by atoms with Crippen molar-refractivity contribution in [2.45, 2.75) is 18.5 Å². The van der Waals surface area contributed by atoms with Gasteiger partial charge < -0.3 is 5.32 Å². The van der Waals surface area contributed by atoms with Gasteiger partial charge in [-0.25, -0.2) is 0 Å². The largest absolute Gasteiger partial charge is 0.417 e. The molecule has 12 heteroatoms. The molecule has 0 saturated carbocycles. The van der Waals surface area contributed by atoms with Crippen LogP contribution in [0, 0.1) is 0 Å². The lowest BCUT2D eigenvalue weighted by atomic mass is 10.0. The molecule has 0 bridgehead atoms. The minimum Gasteiger partial charge on any atom is -0.322 e. The van der Waals surface area contributed by atoms with Gasteiger partial charge in [0.25, 0.3) is 5.91 Å². The Balaban J connectivity index is 2.45. The summed E-state index contributed by atoms with van der Waals surface area (Å²) in [5, 5.41) is 1.86. The second kappa shape index (κ2) is 7.30. The van der Waals surface area contributed by atoms with Crippen LogP contribution in [0.5, 0.6) is 0 Å². The number of alkyl halides is 9. The van der Waals surface area contributed by atoms with Gasteiger partial charge in [-0.15, -0.1) is 0 Å². The first kappa shape index (κ1) is 22.1. The molecule has 0 fully saturated rings. The first-order valence-electron chi connectivity index (χ1n) is 7.06. The number of halogens is 10. The van der Waals surface area contributed by atoms with Crippen LogP contribution in [0.15, 0.2) is 40.9 Å². The average molecular weight is 480 g/mol. The molecule has 0 heterocycles. The van der Waals surface area contributed by atoms with Crippen LogP contribution in [0.1, 0.15) is 27.0 Å². The summed E-state index contributed by atoms with van der Waals surface area (Å²) in [7, 11) is 0. The number of benzene rings is 2. The van der Waals surface area contributed by atoms with Crippen LogP contribution in [0.4, 0.5) is 45.2 Å². The highest BCUT2D eigenvalue weighted by Gasteiger charge is 2.38. The molecular weight excluding hydrogens is 473 g/mol. The fourth-order valence-corrected chi connectivity index (χ4v) is 2.58. The Bertz CT molecular complexity index is 868. The first-order valence-corrected chi connectivity index (χ1v) is 7.86. The molecule has 0 unspecified atom stereocenters. The van der Waals surface area contributed by atoms with Crippen molar-refractivity contribution in [2.24, 2.45) is 0 Å². The minimum atomic E-state index is -5.17. The van der Waals surface area contributed by atoms with Gasteiger partial charge >= 0.3 is 18.5 Å². The van der Waals surface area contributed by atoms with Crippen molar-refractivity contribution in [3.8, 4) is 0 Å². The molecule has 1 amide bonds. The third-order valence-corrected chi connectivity index (χ3v) is 4.07. The van der Waals surface area contributed by atoms with Crippen LogP contribution >= 0.6 is 15.9 Å². The van der Waals surface area contributed by atoms with Crippen molar-refractivity contribution in [3.05, 3.63) is 63.1 Å². The van der Waals surface area contributed by atoms with Crippen molar-refractivity contribution >= 4 is 27.5 Å². The van der Waals surface area contributed by atoms with E-state index in [4.69, 9.17) is 0 Å². The minimum absolute atomic E-state index is 0.168. The highest BCUT2D eigenvalue weighted by atomic mass is 79.9. The fourth-order valence-electron chi connectivity index (χ4n) is 2.11. The Morgan fingerprint density at radius 1 is 0.750 bits per heavy atom. The molecule has 0 aliphatic carbocycles. The molecule has 2 aromatic rings. The number of amides is 1. The van der Waals surface area contributed by atoms with E-state index in [0.29, 0.717) is 6.07 Å². The van der Waals surface area contributed by atoms with Crippen LogP contribution in [0.25, 0.3) is 0 Å². The molecule has 1 N–H and O–H groups in total. The number of rotatable bonds is 2. The van der Waals surface area contributed by atoms with E-state index in [2.05, 4.69) is 15.9 Å². The van der Waals surface area contributed by atoms with Gasteiger partial charge in [0.15, 0.2) is 0 Å². The zero-order valence-corrected chi connectivity index (χ0v) is 14.7. The molecule has 0 atom stereocenters. The van der Waals surface area contributed by atoms with Crippen molar-refractivity contribution in [2.75, 3.05) is 5.32 Å². The first-order chi connectivity index (χ1) is 12.6. The summed E-state index contributed by atoms with van der Waals surface area (Å²) in [5.74, 6) is -1.44. The van der Waals surface area contributed by atoms with Crippen molar-refractivity contribution in [1.82, 2.24) is 0 Å². The third-order valence-electron chi connectivity index (χ3n) is 3.38. The van der Waals surface area contributed by atoms with Crippen molar-refractivity contribution < 1.29 is 44.3 Å². The van der Waals surface area contributed by atoms with Gasteiger partial charge in [-0.05, 0) is 36.4 Å². The number of hydrogen-bond donors (Lipinski definition) is 1. The molecule has 0 radical (unpaired) electrons. The summed E-state index contributed by atoms with van der Waals surface area (Å²) < 4.78 is 115. The van der Waals surface area contributed by atoms with Gasteiger partial charge in [-0.1, -0.05) is 15.9 Å². The van der Waals surface area contributed by atoms with E-state index in [0.717, 1.165) is 12.1 Å². The lowest BCUT2D eigenvalue weighted by Crippen LogP contribution is -2.17. The van der Waals surface area contributed by atoms with Crippen LogP contribution in [0.3, 0.4) is 0 Å². The molecule has 0 aliphatic heterocycles. The van der Waals surface area contributed by atoms with Crippen molar-refractivity contribution in [1.29, 1.82) is 0 Å². The molecule has 2 nitrogen and oxygen atoms in total. The molecule has 0 spiro atoms. The maximum Gasteiger partial charge on any atom is 0.417 e. The second-order valence-corrected chi connectivity index (χ2v) is 6.30. The lowest BCUT2D eigenvalue weighted by Gasteiger charge is -2.15. The average Bonchev–Trinajstić information content (AvgIpc) is 2.53. The summed E-state index contributed by atoms with van der Waals surface area (Å²) in [6.45, 7) is 0. The molecule has 0 aromatic heterocycles. The number of carbonyl (C=O) groups is 1. The van der Waals surface area contributed by atoms with E-state index < -0.39 is 52.4 Å². The lowest BCUT2D eigenvalue weighted by molar-refractivity contribution is -0.143. The fraction of sp³-hybridized carbons (Fsp3) is 0.188. The predicted molar refractivity (Wildman–Crippen MR) is 83.5 cm³/mol. The Morgan fingerprint density at radius 2 is 1.25 bits per heavy atom. The van der Waals surface area contributed by atoms with Crippen molar-refractivity contribution in [3.63, 3.8) is 0 Å². The Labute approximate surface area is 159 Å². The predicted octanol–water partition coefficient (Wildman–Crippen LogP) is 6.76. The number of anilines is 1. The van der Waals surface area contributed by atoms with Crippen LogP contribution in [-0.4, -0.2) is 5.91 Å². The number of nitrogens with one attached hydrogen (secondary N) is 1. The monoisotopic (exact) mass is 479 g/mol. The summed E-state index contributed by atoms with van der Waals surface area (Å²) in [6.07, 6.45) is -15.1. The summed E-state index contributed by atoms with van der Waals surface area (Å²) in [6, 6.07) is 2.59. The Hall–Kier alpha value is -2.24. The smallest absolute Gasteiger partial charge is 0.322 e. The van der Waals surface area contributed by atoms with Gasteiger partial charge in [-0.3, -0.25) is 4.79 Å². The maximum atomic E-state index is 12.9. The zero-order chi connectivity index (χ0) is 21.5. The number of carbonyl (C=O) groups excluding carboxylic acids is 1. The summed E-state index contributed by atoms with van der Waals surface area (Å²) >= 11 is 2.66. The number of hydrogen-bond acceptors (Lipinski definition) is 1. The molecule has 2 aromatic carbocycles. The molecular formula is C16H7BrF9NO. The molecule has 28 heavy (non-hydrogen) atoms. The summed E-state index contributed by atoms with van der Waals surface area (Å²) in [4.78, 5) is 12.1. The third kappa shape index (κ3) is 5.18. The standard InChI is InChI=1S/C16H7BrF9NO/c17-12-2-1-10(6-11(12)16(24,25)26)27-13(28)7-3-8(14(18,19)20)5-9(4-7)15(21,22)23/h1-6H,(H,27,28). The van der Waals surface area contributed by atoms with E-state index in [9.17, 15) is 44.3 Å². The van der Waals surface area contributed by atoms with Gasteiger partial charge in [0, 0.05) is 15.7 Å². The van der Waals surface area contributed by atoms with Crippen LogP contribution in [0.2, 0.25) is 0 Å². The van der Waals surface area contributed by atoms with Gasteiger partial charge in [-0.2, -0.15) is 39.5 Å². The topological polar surface area (TPSA) is 29.1 Å². The zero-order valence-electron chi connectivity index (χ0n) is 13.2. The van der Waals surface area contributed by atoms with E-state index >= 15 is 0 Å². The highest BCUT2D eigenvalue weighted by Crippen LogP contribution is 2.38. The molecule has 2 rings (SSSR count). The summed E-state index contributed by atoms with van der Waals surface area (Å²) in [5.41, 5.74) is -6.12. The van der Waals surface area contributed by atoms with Gasteiger partial charge in [0.05, 0.1) is 16.7 Å². The second-order valence-electron chi connectivity index (χ2n) is 5.44.